The Balaban J connectivity index is 1.98. The summed E-state index contributed by atoms with van der Waals surface area (Å²) in [6.45, 7) is 5.95. The largest absolute Gasteiger partial charge is 0.463 e. The standard InChI is InChI=1S/C13H20N2O3/c1-3-15(10-6-7-14-8-10)9-11-4-5-12(18-11)13(16)17-2/h4-5,10,14H,3,6-9H2,1-2H3. The molecule has 1 aliphatic rings. The van der Waals surface area contributed by atoms with E-state index in [9.17, 15) is 4.79 Å². The molecule has 2 rings (SSSR count). The molecule has 2 heterocycles. The van der Waals surface area contributed by atoms with Crippen LogP contribution in [0.25, 0.3) is 0 Å². The molecule has 1 aromatic rings. The summed E-state index contributed by atoms with van der Waals surface area (Å²) in [7, 11) is 1.35. The number of ether oxygens (including phenoxy) is 1. The van der Waals surface area contributed by atoms with Crippen molar-refractivity contribution in [3.63, 3.8) is 0 Å². The third-order valence-electron chi connectivity index (χ3n) is 3.36. The van der Waals surface area contributed by atoms with Crippen molar-refractivity contribution < 1.29 is 13.9 Å². The smallest absolute Gasteiger partial charge is 0.373 e. The summed E-state index contributed by atoms with van der Waals surface area (Å²) >= 11 is 0. The second-order valence-electron chi connectivity index (χ2n) is 4.47. The number of nitrogens with one attached hydrogen (secondary N) is 1. The first-order valence-corrected chi connectivity index (χ1v) is 6.36. The average Bonchev–Trinajstić information content (AvgIpc) is 3.05. The Bertz CT molecular complexity index is 397. The summed E-state index contributed by atoms with van der Waals surface area (Å²) in [5.74, 6) is 0.657. The molecule has 1 aromatic heterocycles. The van der Waals surface area contributed by atoms with Crippen molar-refractivity contribution in [2.75, 3.05) is 26.7 Å². The highest BCUT2D eigenvalue weighted by Gasteiger charge is 2.22. The van der Waals surface area contributed by atoms with Crippen molar-refractivity contribution in [3.05, 3.63) is 23.7 Å². The number of carbonyl (C=O) groups excluding carboxylic acids is 1. The minimum Gasteiger partial charge on any atom is -0.463 e. The van der Waals surface area contributed by atoms with Crippen LogP contribution in [0.5, 0.6) is 0 Å². The summed E-state index contributed by atoms with van der Waals surface area (Å²) in [5.41, 5.74) is 0. The number of hydrogen-bond donors (Lipinski definition) is 1. The predicted octanol–water partition coefficient (Wildman–Crippen LogP) is 1.25. The van der Waals surface area contributed by atoms with Gasteiger partial charge in [-0.05, 0) is 31.6 Å². The molecule has 18 heavy (non-hydrogen) atoms. The summed E-state index contributed by atoms with van der Waals surface area (Å²) in [4.78, 5) is 13.7. The van der Waals surface area contributed by atoms with Gasteiger partial charge in [0, 0.05) is 12.6 Å². The Labute approximate surface area is 107 Å². The fourth-order valence-electron chi connectivity index (χ4n) is 2.32. The van der Waals surface area contributed by atoms with Crippen LogP contribution in [0.2, 0.25) is 0 Å². The first-order chi connectivity index (χ1) is 8.74. The number of carbonyl (C=O) groups is 1. The van der Waals surface area contributed by atoms with Crippen molar-refractivity contribution in [1.29, 1.82) is 0 Å². The van der Waals surface area contributed by atoms with E-state index in [1.165, 1.54) is 13.5 Å². The quantitative estimate of drug-likeness (QED) is 0.799. The Morgan fingerprint density at radius 1 is 1.61 bits per heavy atom. The predicted molar refractivity (Wildman–Crippen MR) is 67.4 cm³/mol. The van der Waals surface area contributed by atoms with Crippen LogP contribution in [0, 0.1) is 0 Å². The van der Waals surface area contributed by atoms with E-state index in [-0.39, 0.29) is 5.76 Å². The first kappa shape index (κ1) is 13.1. The molecule has 5 heteroatoms. The molecule has 100 valence electrons. The van der Waals surface area contributed by atoms with E-state index < -0.39 is 5.97 Å². The van der Waals surface area contributed by atoms with Gasteiger partial charge in [0.25, 0.3) is 0 Å². The molecule has 1 N–H and O–H groups in total. The molecule has 0 aliphatic carbocycles. The maximum Gasteiger partial charge on any atom is 0.373 e. The zero-order valence-corrected chi connectivity index (χ0v) is 10.9. The lowest BCUT2D eigenvalue weighted by molar-refractivity contribution is 0.0560. The van der Waals surface area contributed by atoms with E-state index in [0.717, 1.165) is 31.9 Å². The molecular weight excluding hydrogens is 232 g/mol. The molecule has 5 nitrogen and oxygen atoms in total. The third-order valence-corrected chi connectivity index (χ3v) is 3.36. The van der Waals surface area contributed by atoms with E-state index >= 15 is 0 Å². The highest BCUT2D eigenvalue weighted by atomic mass is 16.5. The van der Waals surface area contributed by atoms with Gasteiger partial charge in [-0.15, -0.1) is 0 Å². The SMILES string of the molecule is CCN(Cc1ccc(C(=O)OC)o1)C1CCNC1. The van der Waals surface area contributed by atoms with E-state index in [1.54, 1.807) is 6.07 Å². The molecule has 0 radical (unpaired) electrons. The second-order valence-corrected chi connectivity index (χ2v) is 4.47. The van der Waals surface area contributed by atoms with Crippen LogP contribution in [0.15, 0.2) is 16.5 Å². The van der Waals surface area contributed by atoms with E-state index in [0.29, 0.717) is 6.04 Å². The molecule has 0 aromatic carbocycles. The van der Waals surface area contributed by atoms with Crippen LogP contribution in [-0.4, -0.2) is 43.7 Å². The lowest BCUT2D eigenvalue weighted by atomic mass is 10.2. The zero-order chi connectivity index (χ0) is 13.0. The van der Waals surface area contributed by atoms with Crippen LogP contribution in [0.3, 0.4) is 0 Å². The van der Waals surface area contributed by atoms with Gasteiger partial charge in [0.2, 0.25) is 5.76 Å². The number of rotatable bonds is 5. The van der Waals surface area contributed by atoms with Crippen molar-refractivity contribution in [2.24, 2.45) is 0 Å². The van der Waals surface area contributed by atoms with Gasteiger partial charge in [0.05, 0.1) is 13.7 Å². The van der Waals surface area contributed by atoms with Gasteiger partial charge in [-0.25, -0.2) is 4.79 Å². The van der Waals surface area contributed by atoms with Crippen LogP contribution >= 0.6 is 0 Å². The lowest BCUT2D eigenvalue weighted by Gasteiger charge is -2.25. The van der Waals surface area contributed by atoms with Crippen LogP contribution in [0.4, 0.5) is 0 Å². The fraction of sp³-hybridized carbons (Fsp3) is 0.615. The lowest BCUT2D eigenvalue weighted by Crippen LogP contribution is -2.36. The number of likely N-dealkylation sites (N-methyl/N-ethyl adjacent to an activating group) is 1. The van der Waals surface area contributed by atoms with Gasteiger partial charge < -0.3 is 14.5 Å². The third kappa shape index (κ3) is 2.91. The van der Waals surface area contributed by atoms with Crippen molar-refractivity contribution in [3.8, 4) is 0 Å². The maximum atomic E-state index is 11.3. The van der Waals surface area contributed by atoms with Gasteiger partial charge in [-0.1, -0.05) is 6.92 Å². The zero-order valence-electron chi connectivity index (χ0n) is 10.9. The van der Waals surface area contributed by atoms with E-state index in [2.05, 4.69) is 21.9 Å². The van der Waals surface area contributed by atoms with Gasteiger partial charge in [-0.3, -0.25) is 4.90 Å². The normalized spacial score (nSPS) is 19.4. The second kappa shape index (κ2) is 6.02. The Morgan fingerprint density at radius 3 is 3.06 bits per heavy atom. The molecule has 0 bridgehead atoms. The fourth-order valence-corrected chi connectivity index (χ4v) is 2.32. The number of furan rings is 1. The number of hydrogen-bond acceptors (Lipinski definition) is 5. The average molecular weight is 252 g/mol. The van der Waals surface area contributed by atoms with Crippen molar-refractivity contribution >= 4 is 5.97 Å². The summed E-state index contributed by atoms with van der Waals surface area (Å²) in [5, 5.41) is 3.36. The highest BCUT2D eigenvalue weighted by molar-refractivity contribution is 5.86. The van der Waals surface area contributed by atoms with Gasteiger partial charge in [0.1, 0.15) is 5.76 Å². The van der Waals surface area contributed by atoms with Crippen molar-refractivity contribution in [2.45, 2.75) is 25.9 Å². The molecule has 1 unspecified atom stereocenters. The van der Waals surface area contributed by atoms with E-state index in [4.69, 9.17) is 4.42 Å². The van der Waals surface area contributed by atoms with Crippen LogP contribution in [-0.2, 0) is 11.3 Å². The maximum absolute atomic E-state index is 11.3. The number of methoxy groups -OCH3 is 1. The minimum atomic E-state index is -0.424. The molecule has 1 saturated heterocycles. The molecular formula is C13H20N2O3. The number of esters is 1. The molecule has 1 atom stereocenters. The summed E-state index contributed by atoms with van der Waals surface area (Å²) in [6, 6.07) is 4.07. The van der Waals surface area contributed by atoms with Gasteiger partial charge in [0.15, 0.2) is 0 Å². The monoisotopic (exact) mass is 252 g/mol. The highest BCUT2D eigenvalue weighted by Crippen LogP contribution is 2.15. The molecule has 1 aliphatic heterocycles. The number of nitrogens with zero attached hydrogens (tertiary/aromatic N) is 1. The molecule has 1 fully saturated rings. The topological polar surface area (TPSA) is 54.7 Å². The van der Waals surface area contributed by atoms with Gasteiger partial charge >= 0.3 is 5.97 Å². The Kier molecular flexibility index (Phi) is 4.38. The van der Waals surface area contributed by atoms with Crippen LogP contribution < -0.4 is 5.32 Å². The minimum absolute atomic E-state index is 0.271. The first-order valence-electron chi connectivity index (χ1n) is 6.36. The Morgan fingerprint density at radius 2 is 2.44 bits per heavy atom. The van der Waals surface area contributed by atoms with Crippen LogP contribution in [0.1, 0.15) is 29.7 Å². The van der Waals surface area contributed by atoms with Gasteiger partial charge in [-0.2, -0.15) is 0 Å². The molecule has 0 saturated carbocycles. The van der Waals surface area contributed by atoms with E-state index in [1.807, 2.05) is 6.07 Å². The molecule has 0 amide bonds. The molecule has 0 spiro atoms. The summed E-state index contributed by atoms with van der Waals surface area (Å²) in [6.07, 6.45) is 1.17. The Hall–Kier alpha value is -1.33. The summed E-state index contributed by atoms with van der Waals surface area (Å²) < 4.78 is 10.1. The van der Waals surface area contributed by atoms with Crippen molar-refractivity contribution in [1.82, 2.24) is 10.2 Å².